The van der Waals surface area contributed by atoms with Crippen molar-refractivity contribution < 1.29 is 0 Å². The highest BCUT2D eigenvalue weighted by molar-refractivity contribution is 9.10. The molecule has 2 nitrogen and oxygen atoms in total. The summed E-state index contributed by atoms with van der Waals surface area (Å²) in [6, 6.07) is 14.3. The SMILES string of the molecule is CC(c1cccc(Cl)c1)N(C)Cc1cc(N)cc(Br)c1. The van der Waals surface area contributed by atoms with E-state index in [4.69, 9.17) is 17.3 Å². The molecule has 0 saturated carbocycles. The molecule has 0 bridgehead atoms. The van der Waals surface area contributed by atoms with Gasteiger partial charge in [0.05, 0.1) is 0 Å². The van der Waals surface area contributed by atoms with Gasteiger partial charge in [0.25, 0.3) is 0 Å². The van der Waals surface area contributed by atoms with Crippen LogP contribution in [-0.2, 0) is 6.54 Å². The molecule has 2 rings (SSSR count). The van der Waals surface area contributed by atoms with Gasteiger partial charge in [-0.25, -0.2) is 0 Å². The maximum Gasteiger partial charge on any atom is 0.0409 e. The summed E-state index contributed by atoms with van der Waals surface area (Å²) in [7, 11) is 2.10. The molecule has 0 aliphatic rings. The lowest BCUT2D eigenvalue weighted by Gasteiger charge is -2.25. The van der Waals surface area contributed by atoms with Crippen LogP contribution in [0.5, 0.6) is 0 Å². The van der Waals surface area contributed by atoms with Crippen LogP contribution in [0.4, 0.5) is 5.69 Å². The van der Waals surface area contributed by atoms with Gasteiger partial charge in [0, 0.05) is 27.8 Å². The zero-order valence-corrected chi connectivity index (χ0v) is 13.9. The van der Waals surface area contributed by atoms with Crippen molar-refractivity contribution in [2.75, 3.05) is 12.8 Å². The predicted octanol–water partition coefficient (Wildman–Crippen LogP) is 4.88. The first kappa shape index (κ1) is 15.4. The second-order valence-electron chi connectivity index (χ2n) is 5.04. The molecule has 0 radical (unpaired) electrons. The van der Waals surface area contributed by atoms with E-state index < -0.39 is 0 Å². The summed E-state index contributed by atoms with van der Waals surface area (Å²) in [4.78, 5) is 2.27. The molecule has 1 atom stereocenters. The largest absolute Gasteiger partial charge is 0.399 e. The van der Waals surface area contributed by atoms with Gasteiger partial charge in [-0.1, -0.05) is 39.7 Å². The lowest BCUT2D eigenvalue weighted by molar-refractivity contribution is 0.253. The van der Waals surface area contributed by atoms with Crippen LogP contribution in [0.2, 0.25) is 5.02 Å². The lowest BCUT2D eigenvalue weighted by atomic mass is 10.1. The molecule has 0 amide bonds. The van der Waals surface area contributed by atoms with E-state index >= 15 is 0 Å². The Morgan fingerprint density at radius 3 is 2.65 bits per heavy atom. The molecule has 2 N–H and O–H groups in total. The number of benzene rings is 2. The average Bonchev–Trinajstić information content (AvgIpc) is 2.36. The predicted molar refractivity (Wildman–Crippen MR) is 89.9 cm³/mol. The average molecular weight is 354 g/mol. The van der Waals surface area contributed by atoms with Crippen LogP contribution in [0.3, 0.4) is 0 Å². The number of rotatable bonds is 4. The van der Waals surface area contributed by atoms with Gasteiger partial charge in [-0.15, -0.1) is 0 Å². The maximum atomic E-state index is 6.05. The zero-order chi connectivity index (χ0) is 14.7. The van der Waals surface area contributed by atoms with E-state index in [1.807, 2.05) is 30.3 Å². The summed E-state index contributed by atoms with van der Waals surface area (Å²) >= 11 is 9.53. The fourth-order valence-corrected chi connectivity index (χ4v) is 2.97. The van der Waals surface area contributed by atoms with Gasteiger partial charge in [0.15, 0.2) is 0 Å². The quantitative estimate of drug-likeness (QED) is 0.794. The molecule has 1 unspecified atom stereocenters. The topological polar surface area (TPSA) is 29.3 Å². The first-order valence-electron chi connectivity index (χ1n) is 6.46. The Morgan fingerprint density at radius 2 is 2.00 bits per heavy atom. The van der Waals surface area contributed by atoms with Crippen molar-refractivity contribution in [3.05, 3.63) is 63.1 Å². The highest BCUT2D eigenvalue weighted by Crippen LogP contribution is 2.25. The monoisotopic (exact) mass is 352 g/mol. The first-order chi connectivity index (χ1) is 9.45. The fourth-order valence-electron chi connectivity index (χ4n) is 2.21. The summed E-state index contributed by atoms with van der Waals surface area (Å²) < 4.78 is 1.01. The van der Waals surface area contributed by atoms with Crippen molar-refractivity contribution in [1.29, 1.82) is 0 Å². The maximum absolute atomic E-state index is 6.05. The highest BCUT2D eigenvalue weighted by atomic mass is 79.9. The Kier molecular flexibility index (Phi) is 5.08. The molecule has 106 valence electrons. The van der Waals surface area contributed by atoms with Crippen molar-refractivity contribution in [2.24, 2.45) is 0 Å². The van der Waals surface area contributed by atoms with E-state index in [2.05, 4.69) is 46.9 Å². The van der Waals surface area contributed by atoms with Gasteiger partial charge in [-0.05, 0) is 55.4 Å². The van der Waals surface area contributed by atoms with E-state index in [-0.39, 0.29) is 6.04 Å². The molecule has 0 fully saturated rings. The fraction of sp³-hybridized carbons (Fsp3) is 0.250. The molecular weight excluding hydrogens is 336 g/mol. The van der Waals surface area contributed by atoms with Crippen LogP contribution in [0, 0.1) is 0 Å². The minimum atomic E-state index is 0.286. The first-order valence-corrected chi connectivity index (χ1v) is 7.63. The van der Waals surface area contributed by atoms with Crippen molar-refractivity contribution in [1.82, 2.24) is 4.90 Å². The van der Waals surface area contributed by atoms with Crippen LogP contribution in [0.1, 0.15) is 24.1 Å². The second-order valence-corrected chi connectivity index (χ2v) is 6.39. The van der Waals surface area contributed by atoms with Crippen molar-refractivity contribution in [3.63, 3.8) is 0 Å². The minimum absolute atomic E-state index is 0.286. The third kappa shape index (κ3) is 3.98. The van der Waals surface area contributed by atoms with Crippen LogP contribution < -0.4 is 5.73 Å². The molecule has 0 aliphatic carbocycles. The number of nitrogens with zero attached hydrogens (tertiary/aromatic N) is 1. The van der Waals surface area contributed by atoms with E-state index in [1.54, 1.807) is 0 Å². The summed E-state index contributed by atoms with van der Waals surface area (Å²) in [6.45, 7) is 3.00. The molecular formula is C16H18BrClN2. The van der Waals surface area contributed by atoms with Gasteiger partial charge in [0.2, 0.25) is 0 Å². The van der Waals surface area contributed by atoms with Gasteiger partial charge in [-0.2, -0.15) is 0 Å². The van der Waals surface area contributed by atoms with Gasteiger partial charge < -0.3 is 5.73 Å². The molecule has 2 aromatic rings. The molecule has 20 heavy (non-hydrogen) atoms. The van der Waals surface area contributed by atoms with E-state index in [0.717, 1.165) is 21.7 Å². The Hall–Kier alpha value is -1.03. The summed E-state index contributed by atoms with van der Waals surface area (Å²) in [5.74, 6) is 0. The molecule has 0 aliphatic heterocycles. The van der Waals surface area contributed by atoms with Crippen molar-refractivity contribution in [3.8, 4) is 0 Å². The van der Waals surface area contributed by atoms with Crippen LogP contribution in [0.25, 0.3) is 0 Å². The molecule has 0 heterocycles. The Morgan fingerprint density at radius 1 is 1.25 bits per heavy atom. The van der Waals surface area contributed by atoms with Gasteiger partial charge in [-0.3, -0.25) is 4.90 Å². The Bertz CT molecular complexity index is 581. The van der Waals surface area contributed by atoms with Gasteiger partial charge in [0.1, 0.15) is 0 Å². The highest BCUT2D eigenvalue weighted by Gasteiger charge is 2.12. The normalized spacial score (nSPS) is 12.7. The van der Waals surface area contributed by atoms with Crippen LogP contribution in [0.15, 0.2) is 46.9 Å². The second kappa shape index (κ2) is 6.61. The number of halogens is 2. The van der Waals surface area contributed by atoms with Crippen LogP contribution >= 0.6 is 27.5 Å². The Labute approximate surface area is 133 Å². The standard InChI is InChI=1S/C16H18BrClN2/c1-11(13-4-3-5-15(18)8-13)20(2)10-12-6-14(17)9-16(19)7-12/h3-9,11H,10,19H2,1-2H3. The molecule has 0 aromatic heterocycles. The molecule has 0 spiro atoms. The lowest BCUT2D eigenvalue weighted by Crippen LogP contribution is -2.22. The minimum Gasteiger partial charge on any atom is -0.399 e. The summed E-state index contributed by atoms with van der Waals surface area (Å²) in [6.07, 6.45) is 0. The molecule has 2 aromatic carbocycles. The number of nitrogens with two attached hydrogens (primary N) is 1. The number of hydrogen-bond acceptors (Lipinski definition) is 2. The number of nitrogen functional groups attached to an aromatic ring is 1. The smallest absolute Gasteiger partial charge is 0.0409 e. The van der Waals surface area contributed by atoms with E-state index in [0.29, 0.717) is 0 Å². The summed E-state index contributed by atoms with van der Waals surface area (Å²) in [5.41, 5.74) is 9.05. The van der Waals surface area contributed by atoms with Gasteiger partial charge >= 0.3 is 0 Å². The number of anilines is 1. The van der Waals surface area contributed by atoms with E-state index in [1.165, 1.54) is 11.1 Å². The zero-order valence-electron chi connectivity index (χ0n) is 11.6. The number of hydrogen-bond donors (Lipinski definition) is 1. The Balaban J connectivity index is 2.13. The van der Waals surface area contributed by atoms with Crippen molar-refractivity contribution in [2.45, 2.75) is 19.5 Å². The summed E-state index contributed by atoms with van der Waals surface area (Å²) in [5, 5.41) is 0.773. The van der Waals surface area contributed by atoms with Crippen LogP contribution in [-0.4, -0.2) is 11.9 Å². The van der Waals surface area contributed by atoms with Crippen molar-refractivity contribution >= 4 is 33.2 Å². The van der Waals surface area contributed by atoms with E-state index in [9.17, 15) is 0 Å². The molecule has 0 saturated heterocycles. The third-order valence-corrected chi connectivity index (χ3v) is 4.10. The molecule has 4 heteroatoms. The third-order valence-electron chi connectivity index (χ3n) is 3.40.